The molecule has 1 saturated heterocycles. The van der Waals surface area contributed by atoms with Crippen LogP contribution in [0.5, 0.6) is 0 Å². The molecule has 5 nitrogen and oxygen atoms in total. The first kappa shape index (κ1) is 17.2. The summed E-state index contributed by atoms with van der Waals surface area (Å²) >= 11 is 1.90. The molecular weight excluding hydrogens is 296 g/mol. The monoisotopic (exact) mass is 324 g/mol. The van der Waals surface area contributed by atoms with E-state index in [1.165, 1.54) is 5.75 Å². The number of rotatable bonds is 6. The summed E-state index contributed by atoms with van der Waals surface area (Å²) in [6.45, 7) is 6.95. The average molecular weight is 324 g/mol. The van der Waals surface area contributed by atoms with Crippen LogP contribution in [-0.4, -0.2) is 45.8 Å². The second-order valence-corrected chi connectivity index (χ2v) is 7.35. The van der Waals surface area contributed by atoms with E-state index in [9.17, 15) is 4.79 Å². The van der Waals surface area contributed by atoms with Gasteiger partial charge in [-0.15, -0.1) is 0 Å². The maximum absolute atomic E-state index is 12.4. The summed E-state index contributed by atoms with van der Waals surface area (Å²) in [5.74, 6) is 3.40. The van der Waals surface area contributed by atoms with Crippen LogP contribution in [0.4, 0.5) is 10.6 Å². The lowest BCUT2D eigenvalue weighted by molar-refractivity contribution is 0.187. The van der Waals surface area contributed by atoms with E-state index in [0.717, 1.165) is 50.6 Å². The molecule has 0 saturated carbocycles. The van der Waals surface area contributed by atoms with Crippen molar-refractivity contribution in [3.63, 3.8) is 0 Å². The third kappa shape index (κ3) is 4.93. The summed E-state index contributed by atoms with van der Waals surface area (Å²) in [6.07, 6.45) is 7.18. The number of aromatic nitrogens is 2. The highest BCUT2D eigenvalue weighted by atomic mass is 32.2. The fourth-order valence-electron chi connectivity index (χ4n) is 2.72. The number of amides is 2. The Balaban J connectivity index is 1.84. The highest BCUT2D eigenvalue weighted by Gasteiger charge is 2.23. The van der Waals surface area contributed by atoms with E-state index in [2.05, 4.69) is 30.5 Å². The van der Waals surface area contributed by atoms with Crippen molar-refractivity contribution in [1.29, 1.82) is 0 Å². The summed E-state index contributed by atoms with van der Waals surface area (Å²) in [5.41, 5.74) is 0. The van der Waals surface area contributed by atoms with Gasteiger partial charge in [0.05, 0.1) is 6.20 Å². The van der Waals surface area contributed by atoms with Gasteiger partial charge in [-0.25, -0.2) is 9.48 Å². The first-order valence-corrected chi connectivity index (χ1v) is 9.56. The fraction of sp³-hybridized carbons (Fsp3) is 0.750. The minimum atomic E-state index is 0.00824. The molecule has 2 amide bonds. The lowest BCUT2D eigenvalue weighted by Gasteiger charge is -2.31. The zero-order valence-corrected chi connectivity index (χ0v) is 14.7. The molecular formula is C16H28N4OS. The van der Waals surface area contributed by atoms with E-state index in [1.54, 1.807) is 6.20 Å². The Bertz CT molecular complexity index is 466. The molecule has 1 aromatic rings. The Morgan fingerprint density at radius 3 is 2.82 bits per heavy atom. The van der Waals surface area contributed by atoms with Crippen molar-refractivity contribution in [2.24, 2.45) is 11.8 Å². The lowest BCUT2D eigenvalue weighted by Crippen LogP contribution is -2.41. The van der Waals surface area contributed by atoms with Gasteiger partial charge in [0.2, 0.25) is 0 Å². The van der Waals surface area contributed by atoms with Crippen LogP contribution in [0.3, 0.4) is 0 Å². The molecule has 0 unspecified atom stereocenters. The molecule has 1 aliphatic rings. The predicted molar refractivity (Wildman–Crippen MR) is 93.4 cm³/mol. The van der Waals surface area contributed by atoms with Crippen LogP contribution >= 0.6 is 11.8 Å². The Kier molecular flexibility index (Phi) is 6.61. The van der Waals surface area contributed by atoms with Crippen LogP contribution in [0.2, 0.25) is 0 Å². The van der Waals surface area contributed by atoms with Crippen molar-refractivity contribution in [3.8, 4) is 0 Å². The number of aryl methyl sites for hydroxylation is 1. The maximum atomic E-state index is 12.4. The van der Waals surface area contributed by atoms with Crippen molar-refractivity contribution < 1.29 is 4.79 Å². The van der Waals surface area contributed by atoms with Crippen LogP contribution in [0.15, 0.2) is 12.3 Å². The number of nitrogens with one attached hydrogen (secondary N) is 1. The number of hydrogen-bond donors (Lipinski definition) is 1. The molecule has 0 spiro atoms. The molecule has 0 aromatic carbocycles. The van der Waals surface area contributed by atoms with E-state index in [4.69, 9.17) is 0 Å². The normalized spacial score (nSPS) is 16.3. The summed E-state index contributed by atoms with van der Waals surface area (Å²) in [6, 6.07) is 1.88. The van der Waals surface area contributed by atoms with Crippen LogP contribution in [0, 0.1) is 11.8 Å². The number of likely N-dealkylation sites (tertiary alicyclic amines) is 1. The molecule has 0 bridgehead atoms. The van der Waals surface area contributed by atoms with Crippen LogP contribution in [0.25, 0.3) is 0 Å². The van der Waals surface area contributed by atoms with Gasteiger partial charge in [-0.1, -0.05) is 13.8 Å². The van der Waals surface area contributed by atoms with Gasteiger partial charge in [0.15, 0.2) is 0 Å². The van der Waals surface area contributed by atoms with Crippen LogP contribution in [-0.2, 0) is 6.54 Å². The molecule has 2 heterocycles. The second-order valence-electron chi connectivity index (χ2n) is 6.44. The minimum Gasteiger partial charge on any atom is -0.324 e. The molecule has 124 valence electrons. The largest absolute Gasteiger partial charge is 0.324 e. The lowest BCUT2D eigenvalue weighted by atomic mass is 9.99. The smallest absolute Gasteiger partial charge is 0.322 e. The first-order valence-electron chi connectivity index (χ1n) is 8.16. The molecule has 0 radical (unpaired) electrons. The van der Waals surface area contributed by atoms with Gasteiger partial charge in [0, 0.05) is 25.7 Å². The van der Waals surface area contributed by atoms with Gasteiger partial charge in [-0.3, -0.25) is 5.32 Å². The molecule has 2 rings (SSSR count). The van der Waals surface area contributed by atoms with E-state index < -0.39 is 0 Å². The molecule has 6 heteroatoms. The van der Waals surface area contributed by atoms with Crippen LogP contribution < -0.4 is 5.32 Å². The number of hydrogen-bond acceptors (Lipinski definition) is 3. The minimum absolute atomic E-state index is 0.00824. The Morgan fingerprint density at radius 1 is 1.45 bits per heavy atom. The first-order chi connectivity index (χ1) is 10.6. The molecule has 1 N–H and O–H groups in total. The third-order valence-corrected chi connectivity index (χ3v) is 4.98. The van der Waals surface area contributed by atoms with E-state index >= 15 is 0 Å². The van der Waals surface area contributed by atoms with Gasteiger partial charge in [-0.05, 0) is 43.1 Å². The highest BCUT2D eigenvalue weighted by Crippen LogP contribution is 2.21. The Labute approximate surface area is 137 Å². The number of piperidine rings is 1. The quantitative estimate of drug-likeness (QED) is 0.871. The summed E-state index contributed by atoms with van der Waals surface area (Å²) in [4.78, 5) is 14.3. The number of anilines is 1. The number of nitrogens with zero attached hydrogens (tertiary/aromatic N) is 3. The summed E-state index contributed by atoms with van der Waals surface area (Å²) < 4.78 is 1.89. The number of carbonyl (C=O) groups excluding carboxylic acids is 1. The highest BCUT2D eigenvalue weighted by molar-refractivity contribution is 7.98. The van der Waals surface area contributed by atoms with Gasteiger partial charge < -0.3 is 4.90 Å². The zero-order chi connectivity index (χ0) is 15.9. The predicted octanol–water partition coefficient (Wildman–Crippen LogP) is 3.54. The third-order valence-electron chi connectivity index (χ3n) is 4.17. The van der Waals surface area contributed by atoms with Crippen molar-refractivity contribution in [1.82, 2.24) is 14.7 Å². The molecule has 0 atom stereocenters. The Hall–Kier alpha value is -1.17. The molecule has 0 aliphatic carbocycles. The molecule has 1 aliphatic heterocycles. The SMILES string of the molecule is CSCC1CCN(C(=O)Nc2ccnn2CCC(C)C)CC1. The number of urea groups is 1. The van der Waals surface area contributed by atoms with Gasteiger partial charge in [0.25, 0.3) is 0 Å². The summed E-state index contributed by atoms with van der Waals surface area (Å²) in [7, 11) is 0. The van der Waals surface area contributed by atoms with Gasteiger partial charge in [0.1, 0.15) is 5.82 Å². The maximum Gasteiger partial charge on any atom is 0.322 e. The average Bonchev–Trinajstić information content (AvgIpc) is 2.93. The second kappa shape index (κ2) is 8.46. The van der Waals surface area contributed by atoms with Gasteiger partial charge >= 0.3 is 6.03 Å². The van der Waals surface area contributed by atoms with Crippen molar-refractivity contribution in [2.75, 3.05) is 30.4 Å². The van der Waals surface area contributed by atoms with Gasteiger partial charge in [-0.2, -0.15) is 16.9 Å². The Morgan fingerprint density at radius 2 is 2.18 bits per heavy atom. The van der Waals surface area contributed by atoms with Crippen molar-refractivity contribution >= 4 is 23.6 Å². The zero-order valence-electron chi connectivity index (χ0n) is 13.9. The number of carbonyl (C=O) groups is 1. The molecule has 1 aromatic heterocycles. The molecule has 1 fully saturated rings. The van der Waals surface area contributed by atoms with E-state index in [-0.39, 0.29) is 6.03 Å². The van der Waals surface area contributed by atoms with Crippen molar-refractivity contribution in [2.45, 2.75) is 39.7 Å². The van der Waals surface area contributed by atoms with E-state index in [1.807, 2.05) is 27.4 Å². The number of thioether (sulfide) groups is 1. The fourth-order valence-corrected chi connectivity index (χ4v) is 3.53. The van der Waals surface area contributed by atoms with Crippen molar-refractivity contribution in [3.05, 3.63) is 12.3 Å². The van der Waals surface area contributed by atoms with Crippen LogP contribution in [0.1, 0.15) is 33.1 Å². The standard InChI is InChI=1S/C16H28N4OS/c1-13(2)5-11-20-15(4-8-17-20)18-16(21)19-9-6-14(7-10-19)12-22-3/h4,8,13-14H,5-7,9-12H2,1-3H3,(H,18,21). The van der Waals surface area contributed by atoms with E-state index in [0.29, 0.717) is 5.92 Å². The summed E-state index contributed by atoms with van der Waals surface area (Å²) in [5, 5.41) is 7.32. The molecule has 22 heavy (non-hydrogen) atoms. The topological polar surface area (TPSA) is 50.2 Å².